The molecule has 0 aromatic heterocycles. The minimum atomic E-state index is -3.80. The Morgan fingerprint density at radius 2 is 1.69 bits per heavy atom. The van der Waals surface area contributed by atoms with Crippen LogP contribution in [0.25, 0.3) is 4.72 Å². The van der Waals surface area contributed by atoms with Crippen LogP contribution in [0.1, 0.15) is 0 Å². The van der Waals surface area contributed by atoms with Crippen LogP contribution in [0, 0.1) is 3.57 Å². The fourth-order valence-corrected chi connectivity index (χ4v) is 2.48. The lowest BCUT2D eigenvalue weighted by atomic mass is 10.4. The van der Waals surface area contributed by atoms with E-state index in [9.17, 15) is 8.42 Å². The van der Waals surface area contributed by atoms with Crippen molar-refractivity contribution in [1.29, 1.82) is 0 Å². The zero-order valence-corrected chi connectivity index (χ0v) is 11.2. The summed E-state index contributed by atoms with van der Waals surface area (Å²) in [5, 5.41) is 17.5. The first kappa shape index (κ1) is 13.8. The number of halogens is 1. The molecule has 2 N–H and O–H groups in total. The summed E-state index contributed by atoms with van der Waals surface area (Å²) in [7, 11) is -3.80. The Balaban J connectivity index is 2.89. The van der Waals surface area contributed by atoms with Crippen LogP contribution in [0.4, 0.5) is 0 Å². The summed E-state index contributed by atoms with van der Waals surface area (Å²) in [6.07, 6.45) is 0. The van der Waals surface area contributed by atoms with Crippen LogP contribution >= 0.6 is 22.6 Å². The van der Waals surface area contributed by atoms with Crippen LogP contribution in [0.3, 0.4) is 0 Å². The Bertz CT molecular complexity index is 427. The molecule has 0 unspecified atom stereocenters. The van der Waals surface area contributed by atoms with E-state index in [-0.39, 0.29) is 4.90 Å². The van der Waals surface area contributed by atoms with E-state index in [4.69, 9.17) is 10.2 Å². The monoisotopic (exact) mass is 356 g/mol. The maximum atomic E-state index is 11.7. The Morgan fingerprint density at radius 1 is 1.19 bits per heavy atom. The van der Waals surface area contributed by atoms with E-state index in [0.717, 1.165) is 3.57 Å². The molecule has 0 fully saturated rings. The lowest BCUT2D eigenvalue weighted by Gasteiger charge is -2.27. The summed E-state index contributed by atoms with van der Waals surface area (Å²) in [4.78, 5) is 0.0554. The maximum Gasteiger partial charge on any atom is 0.101 e. The molecule has 0 saturated heterocycles. The van der Waals surface area contributed by atoms with Crippen molar-refractivity contribution >= 4 is 32.6 Å². The fraction of sp³-hybridized carbons (Fsp3) is 0.333. The number of hydrogen-bond donors (Lipinski definition) is 2. The van der Waals surface area contributed by atoms with E-state index in [2.05, 4.69) is 27.3 Å². The molecule has 0 aliphatic carbocycles. The van der Waals surface area contributed by atoms with Gasteiger partial charge in [0.15, 0.2) is 0 Å². The van der Waals surface area contributed by atoms with Crippen LogP contribution < -0.4 is 0 Å². The van der Waals surface area contributed by atoms with Crippen molar-refractivity contribution in [1.82, 2.24) is 0 Å². The standard InChI is InChI=1S/C9H11INO4S/c10-7-1-3-9(4-2-7)16(14,15)11-8(5-12)6-13/h1-4,8,12-13H,5-6H2/q-1. The van der Waals surface area contributed by atoms with Crippen LogP contribution in [0.5, 0.6) is 0 Å². The highest BCUT2D eigenvalue weighted by Crippen LogP contribution is 2.20. The van der Waals surface area contributed by atoms with E-state index in [1.165, 1.54) is 12.1 Å². The fourth-order valence-electron chi connectivity index (χ4n) is 0.988. The highest BCUT2D eigenvalue weighted by atomic mass is 127. The van der Waals surface area contributed by atoms with Crippen molar-refractivity contribution < 1.29 is 18.6 Å². The van der Waals surface area contributed by atoms with Gasteiger partial charge in [0.2, 0.25) is 0 Å². The molecule has 90 valence electrons. The van der Waals surface area contributed by atoms with Crippen molar-refractivity contribution in [3.05, 3.63) is 32.6 Å². The summed E-state index contributed by atoms with van der Waals surface area (Å²) in [6, 6.07) is 5.18. The van der Waals surface area contributed by atoms with Gasteiger partial charge in [0.25, 0.3) is 0 Å². The number of aliphatic hydroxyl groups excluding tert-OH is 2. The topological polar surface area (TPSA) is 88.7 Å². The summed E-state index contributed by atoms with van der Waals surface area (Å²) in [5.41, 5.74) is 0. The molecule has 1 aromatic rings. The molecule has 0 amide bonds. The Hall–Kier alpha value is -0.220. The van der Waals surface area contributed by atoms with Gasteiger partial charge in [0, 0.05) is 21.7 Å². The van der Waals surface area contributed by atoms with Gasteiger partial charge in [-0.15, -0.1) is 0 Å². The van der Waals surface area contributed by atoms with Gasteiger partial charge in [-0.2, -0.15) is 0 Å². The van der Waals surface area contributed by atoms with E-state index in [1.807, 2.05) is 0 Å². The minimum absolute atomic E-state index is 0.0554. The van der Waals surface area contributed by atoms with Gasteiger partial charge in [0.05, 0.1) is 0 Å². The Morgan fingerprint density at radius 3 is 2.12 bits per heavy atom. The summed E-state index contributed by atoms with van der Waals surface area (Å²) in [5.74, 6) is 0. The molecule has 1 rings (SSSR count). The van der Waals surface area contributed by atoms with E-state index in [1.54, 1.807) is 12.1 Å². The first-order valence-corrected chi connectivity index (χ1v) is 6.96. The number of nitrogens with zero attached hydrogens (tertiary/aromatic N) is 1. The van der Waals surface area contributed by atoms with Crippen LogP contribution in [-0.2, 0) is 10.0 Å². The molecule has 0 aliphatic rings. The maximum absolute atomic E-state index is 11.7. The normalized spacial score (nSPS) is 12.0. The third-order valence-corrected chi connectivity index (χ3v) is 3.98. The van der Waals surface area contributed by atoms with E-state index in [0.29, 0.717) is 0 Å². The molecule has 0 radical (unpaired) electrons. The van der Waals surface area contributed by atoms with Crippen LogP contribution in [0.2, 0.25) is 0 Å². The molecule has 7 heteroatoms. The van der Waals surface area contributed by atoms with Crippen LogP contribution in [-0.4, -0.2) is 37.9 Å². The quantitative estimate of drug-likeness (QED) is 0.761. The molecule has 0 atom stereocenters. The smallest absolute Gasteiger partial charge is 0.101 e. The number of benzene rings is 1. The second-order valence-corrected chi connectivity index (χ2v) is 5.93. The van der Waals surface area contributed by atoms with Crippen LogP contribution in [0.15, 0.2) is 29.2 Å². The summed E-state index contributed by atoms with van der Waals surface area (Å²) < 4.78 is 27.7. The molecule has 1 aromatic carbocycles. The molecule has 0 bridgehead atoms. The second-order valence-electron chi connectivity index (χ2n) is 3.05. The van der Waals surface area contributed by atoms with Crippen molar-refractivity contribution in [2.75, 3.05) is 13.2 Å². The SMILES string of the molecule is O=S(=O)([N-]C(CO)CO)c1ccc(I)cc1. The summed E-state index contributed by atoms with van der Waals surface area (Å²) >= 11 is 2.06. The van der Waals surface area contributed by atoms with Crippen molar-refractivity contribution in [3.63, 3.8) is 0 Å². The van der Waals surface area contributed by atoms with Crippen molar-refractivity contribution in [2.24, 2.45) is 0 Å². The highest BCUT2D eigenvalue weighted by Gasteiger charge is 2.07. The van der Waals surface area contributed by atoms with Gasteiger partial charge in [-0.3, -0.25) is 0 Å². The third kappa shape index (κ3) is 3.67. The number of rotatable bonds is 5. The van der Waals surface area contributed by atoms with Gasteiger partial charge < -0.3 is 14.9 Å². The Labute approximate surface area is 108 Å². The molecule has 0 spiro atoms. The molecule has 16 heavy (non-hydrogen) atoms. The molecule has 5 nitrogen and oxygen atoms in total. The average molecular weight is 356 g/mol. The first-order valence-electron chi connectivity index (χ1n) is 4.44. The van der Waals surface area contributed by atoms with Crippen molar-refractivity contribution in [3.8, 4) is 0 Å². The molecule has 0 heterocycles. The molecule has 0 aliphatic heterocycles. The zero-order valence-electron chi connectivity index (χ0n) is 8.25. The van der Waals surface area contributed by atoms with Gasteiger partial charge >= 0.3 is 0 Å². The molecule has 0 saturated carbocycles. The molecular weight excluding hydrogens is 345 g/mol. The molecular formula is C9H11INO4S-. The van der Waals surface area contributed by atoms with Crippen molar-refractivity contribution in [2.45, 2.75) is 10.9 Å². The lowest BCUT2D eigenvalue weighted by molar-refractivity contribution is 0.210. The zero-order chi connectivity index (χ0) is 12.2. The predicted molar refractivity (Wildman–Crippen MR) is 67.7 cm³/mol. The highest BCUT2D eigenvalue weighted by molar-refractivity contribution is 14.1. The summed E-state index contributed by atoms with van der Waals surface area (Å²) in [6.45, 7) is -1.000. The van der Waals surface area contributed by atoms with E-state index >= 15 is 0 Å². The first-order chi connectivity index (χ1) is 7.49. The largest absolute Gasteiger partial charge is 0.538 e. The lowest BCUT2D eigenvalue weighted by Crippen LogP contribution is -2.20. The number of hydrogen-bond acceptors (Lipinski definition) is 4. The van der Waals surface area contributed by atoms with Gasteiger partial charge in [-0.25, -0.2) is 8.42 Å². The minimum Gasteiger partial charge on any atom is -0.538 e. The van der Waals surface area contributed by atoms with Gasteiger partial charge in [-0.05, 0) is 46.9 Å². The van der Waals surface area contributed by atoms with E-state index < -0.39 is 29.3 Å². The van der Waals surface area contributed by atoms with Gasteiger partial charge in [0.1, 0.15) is 10.0 Å². The third-order valence-electron chi connectivity index (χ3n) is 1.82. The Kier molecular flexibility index (Phi) is 5.12. The second kappa shape index (κ2) is 5.92. The van der Waals surface area contributed by atoms with Gasteiger partial charge in [-0.1, -0.05) is 6.04 Å². The average Bonchev–Trinajstić information content (AvgIpc) is 2.26. The number of sulfonamides is 1. The predicted octanol–water partition coefficient (Wildman–Crippen LogP) is 0.707. The number of aliphatic hydroxyl groups is 2.